The third kappa shape index (κ3) is 6.39. The van der Waals surface area contributed by atoms with Gasteiger partial charge >= 0.3 is 0 Å². The van der Waals surface area contributed by atoms with E-state index in [9.17, 15) is 13.6 Å². The summed E-state index contributed by atoms with van der Waals surface area (Å²) >= 11 is 0. The average molecular weight is 507 g/mol. The Kier molecular flexibility index (Phi) is 9.11. The third-order valence-electron chi connectivity index (χ3n) is 6.32. The molecule has 0 radical (unpaired) electrons. The quantitative estimate of drug-likeness (QED) is 0.442. The van der Waals surface area contributed by atoms with Gasteiger partial charge in [-0.25, -0.2) is 13.8 Å². The Morgan fingerprint density at radius 2 is 1.97 bits per heavy atom. The molecular weight excluding hydrogens is 474 g/mol. The predicted molar refractivity (Wildman–Crippen MR) is 143 cm³/mol. The Balaban J connectivity index is 2.19. The zero-order valence-corrected chi connectivity index (χ0v) is 21.5. The number of hydrogen-bond acceptors (Lipinski definition) is 5. The summed E-state index contributed by atoms with van der Waals surface area (Å²) in [6.45, 7) is 9.82. The summed E-state index contributed by atoms with van der Waals surface area (Å²) in [7, 11) is 1.49. The smallest absolute Gasteiger partial charge is 0.222 e. The van der Waals surface area contributed by atoms with E-state index in [2.05, 4.69) is 16.9 Å². The van der Waals surface area contributed by atoms with Crippen molar-refractivity contribution >= 4 is 22.9 Å². The van der Waals surface area contributed by atoms with Crippen molar-refractivity contribution in [3.63, 3.8) is 0 Å². The van der Waals surface area contributed by atoms with Crippen LogP contribution in [0.2, 0.25) is 0 Å². The molecule has 2 aromatic rings. The van der Waals surface area contributed by atoms with Gasteiger partial charge < -0.3 is 15.8 Å². The Morgan fingerprint density at radius 1 is 1.22 bits per heavy atom. The highest BCUT2D eigenvalue weighted by molar-refractivity contribution is 6.19. The van der Waals surface area contributed by atoms with Crippen molar-refractivity contribution < 1.29 is 18.3 Å². The number of pyridine rings is 1. The van der Waals surface area contributed by atoms with Gasteiger partial charge in [-0.15, -0.1) is 0 Å². The molecule has 0 saturated heterocycles. The van der Waals surface area contributed by atoms with Crippen LogP contribution in [0.25, 0.3) is 11.3 Å². The number of hydrogen-bond donors (Lipinski definition) is 2. The minimum Gasteiger partial charge on any atom is -0.494 e. The molecule has 0 bridgehead atoms. The van der Waals surface area contributed by atoms with Gasteiger partial charge in [0.05, 0.1) is 18.7 Å². The van der Waals surface area contributed by atoms with Crippen LogP contribution < -0.4 is 11.1 Å². The number of nitrogens with one attached hydrogen (secondary N) is 1. The first-order valence-electron chi connectivity index (χ1n) is 12.1. The first-order valence-corrected chi connectivity index (χ1v) is 12.1. The Bertz CT molecular complexity index is 1300. The zero-order chi connectivity index (χ0) is 27.1. The van der Waals surface area contributed by atoms with Crippen molar-refractivity contribution in [2.24, 2.45) is 16.6 Å². The molecule has 3 rings (SSSR count). The molecule has 0 spiro atoms. The molecule has 1 heterocycles. The largest absolute Gasteiger partial charge is 0.494 e. The van der Waals surface area contributed by atoms with E-state index in [1.807, 2.05) is 26.8 Å². The van der Waals surface area contributed by atoms with Crippen molar-refractivity contribution in [2.45, 2.75) is 39.7 Å². The standard InChI is InChI=1S/C29H32F2N4O2/c1-6-22(29(32)36)26(7-2)34-18(4)24-13-20(23-11-10-21(30)15-25(23)31)14-27(37-5)28(24)35-17(3)19-9-8-12-33-16-19/h8-16,22,26,34H,3,6-7H2,1-2,4-5H3,(H2,32,36)/b24-18+,35-28+. The van der Waals surface area contributed by atoms with Gasteiger partial charge in [0.15, 0.2) is 0 Å². The van der Waals surface area contributed by atoms with Gasteiger partial charge in [0.25, 0.3) is 0 Å². The van der Waals surface area contributed by atoms with E-state index in [0.29, 0.717) is 46.9 Å². The van der Waals surface area contributed by atoms with E-state index < -0.39 is 11.6 Å². The maximum Gasteiger partial charge on any atom is 0.222 e. The van der Waals surface area contributed by atoms with Crippen molar-refractivity contribution in [3.8, 4) is 0 Å². The van der Waals surface area contributed by atoms with Crippen molar-refractivity contribution in [2.75, 3.05) is 7.11 Å². The second kappa shape index (κ2) is 12.3. The van der Waals surface area contributed by atoms with Crippen molar-refractivity contribution in [1.82, 2.24) is 10.3 Å². The van der Waals surface area contributed by atoms with Gasteiger partial charge in [-0.3, -0.25) is 9.78 Å². The van der Waals surface area contributed by atoms with Crippen molar-refractivity contribution in [3.05, 3.63) is 101 Å². The number of rotatable bonds is 10. The van der Waals surface area contributed by atoms with Crippen LogP contribution >= 0.6 is 0 Å². The number of allylic oxidation sites excluding steroid dienone is 5. The summed E-state index contributed by atoms with van der Waals surface area (Å²) in [6.07, 6.45) is 7.95. The predicted octanol–water partition coefficient (Wildman–Crippen LogP) is 5.55. The Morgan fingerprint density at radius 3 is 2.54 bits per heavy atom. The number of nitrogens with two attached hydrogens (primary N) is 1. The van der Waals surface area contributed by atoms with Gasteiger partial charge in [-0.05, 0) is 61.8 Å². The Hall–Kier alpha value is -4.07. The van der Waals surface area contributed by atoms with Crippen LogP contribution in [0, 0.1) is 17.6 Å². The highest BCUT2D eigenvalue weighted by Crippen LogP contribution is 2.32. The van der Waals surface area contributed by atoms with Crippen LogP contribution in [0.15, 0.2) is 83.5 Å². The molecule has 0 fully saturated rings. The van der Waals surface area contributed by atoms with Gasteiger partial charge in [0.1, 0.15) is 23.1 Å². The topological polar surface area (TPSA) is 89.6 Å². The number of halogens is 2. The number of nitrogens with zero attached hydrogens (tertiary/aromatic N) is 2. The number of aromatic nitrogens is 1. The summed E-state index contributed by atoms with van der Waals surface area (Å²) in [5.41, 5.74) is 9.29. The average Bonchev–Trinajstić information content (AvgIpc) is 2.88. The molecule has 2 atom stereocenters. The number of carbonyl (C=O) groups excluding carboxylic acids is 1. The fourth-order valence-corrected chi connectivity index (χ4v) is 4.30. The number of methoxy groups -OCH3 is 1. The SMILES string of the molecule is C=C(/N=C1/C(OC)=CC(c2ccc(F)cc2F)=C/C1=C(/C)NC(CC)C(CC)C(N)=O)c1cccnc1. The molecule has 8 heteroatoms. The lowest BCUT2D eigenvalue weighted by Crippen LogP contribution is -2.42. The molecule has 1 amide bonds. The zero-order valence-electron chi connectivity index (χ0n) is 21.5. The molecule has 6 nitrogen and oxygen atoms in total. The fraction of sp³-hybridized carbons (Fsp3) is 0.276. The first-order chi connectivity index (χ1) is 17.7. The van der Waals surface area contributed by atoms with Crippen LogP contribution in [0.5, 0.6) is 0 Å². The summed E-state index contributed by atoms with van der Waals surface area (Å²) in [6, 6.07) is 6.82. The van der Waals surface area contributed by atoms with Gasteiger partial charge in [-0.1, -0.05) is 20.4 Å². The lowest BCUT2D eigenvalue weighted by molar-refractivity contribution is -0.122. The summed E-state index contributed by atoms with van der Waals surface area (Å²) in [4.78, 5) is 21.0. The van der Waals surface area contributed by atoms with E-state index in [1.54, 1.807) is 30.6 Å². The van der Waals surface area contributed by atoms with E-state index >= 15 is 0 Å². The van der Waals surface area contributed by atoms with Gasteiger partial charge in [-0.2, -0.15) is 0 Å². The van der Waals surface area contributed by atoms with Gasteiger partial charge in [0, 0.05) is 46.9 Å². The highest BCUT2D eigenvalue weighted by Gasteiger charge is 2.27. The first kappa shape index (κ1) is 27.5. The number of carbonyl (C=O) groups is 1. The Labute approximate surface area is 216 Å². The molecule has 0 aliphatic heterocycles. The van der Waals surface area contributed by atoms with Crippen LogP contribution in [0.3, 0.4) is 0 Å². The highest BCUT2D eigenvalue weighted by atomic mass is 19.1. The third-order valence-corrected chi connectivity index (χ3v) is 6.32. The van der Waals surface area contributed by atoms with Crippen LogP contribution in [0.1, 0.15) is 44.7 Å². The van der Waals surface area contributed by atoms with E-state index in [-0.39, 0.29) is 23.4 Å². The summed E-state index contributed by atoms with van der Waals surface area (Å²) in [5.74, 6) is -1.76. The summed E-state index contributed by atoms with van der Waals surface area (Å²) in [5, 5.41) is 3.43. The molecular formula is C29H32F2N4O2. The minimum atomic E-state index is -0.700. The molecule has 1 aliphatic rings. The van der Waals surface area contributed by atoms with E-state index in [4.69, 9.17) is 15.5 Å². The molecule has 1 aliphatic carbocycles. The fourth-order valence-electron chi connectivity index (χ4n) is 4.30. The number of amides is 1. The maximum absolute atomic E-state index is 14.7. The molecule has 194 valence electrons. The monoisotopic (exact) mass is 506 g/mol. The number of primary amides is 1. The van der Waals surface area contributed by atoms with E-state index in [0.717, 1.165) is 11.6 Å². The summed E-state index contributed by atoms with van der Waals surface area (Å²) < 4.78 is 34.0. The molecule has 2 unspecified atom stereocenters. The number of ether oxygens (including phenoxy) is 1. The molecule has 1 aromatic heterocycles. The van der Waals surface area contributed by atoms with Crippen LogP contribution in [-0.4, -0.2) is 29.8 Å². The van der Waals surface area contributed by atoms with Crippen molar-refractivity contribution in [1.29, 1.82) is 0 Å². The second-order valence-electron chi connectivity index (χ2n) is 8.70. The molecule has 3 N–H and O–H groups in total. The number of aliphatic imine (C=N–C) groups is 1. The maximum atomic E-state index is 14.7. The molecule has 1 aromatic carbocycles. The molecule has 0 saturated carbocycles. The minimum absolute atomic E-state index is 0.210. The second-order valence-corrected chi connectivity index (χ2v) is 8.70. The lowest BCUT2D eigenvalue weighted by atomic mass is 9.90. The van der Waals surface area contributed by atoms with E-state index in [1.165, 1.54) is 19.2 Å². The van der Waals surface area contributed by atoms with Crippen LogP contribution in [-0.2, 0) is 9.53 Å². The van der Waals surface area contributed by atoms with Crippen LogP contribution in [0.4, 0.5) is 8.78 Å². The normalized spacial score (nSPS) is 17.4. The van der Waals surface area contributed by atoms with Gasteiger partial charge in [0.2, 0.25) is 5.91 Å². The number of benzene rings is 1. The lowest BCUT2D eigenvalue weighted by Gasteiger charge is -2.28. The molecule has 37 heavy (non-hydrogen) atoms.